The zero-order valence-corrected chi connectivity index (χ0v) is 15.2. The molecule has 26 heavy (non-hydrogen) atoms. The van der Waals surface area contributed by atoms with Gasteiger partial charge in [-0.3, -0.25) is 0 Å². The molecule has 4 heteroatoms. The molecule has 2 aromatic carbocycles. The lowest BCUT2D eigenvalue weighted by atomic mass is 9.73. The fourth-order valence-electron chi connectivity index (χ4n) is 3.69. The lowest BCUT2D eigenvalue weighted by Gasteiger charge is -2.32. The van der Waals surface area contributed by atoms with E-state index in [0.717, 1.165) is 15.3 Å². The summed E-state index contributed by atoms with van der Waals surface area (Å²) >= 11 is 1.63. The number of ether oxygens (including phenoxy) is 1. The van der Waals surface area contributed by atoms with Gasteiger partial charge in [-0.2, -0.15) is 0 Å². The Morgan fingerprint density at radius 2 is 2.00 bits per heavy atom. The summed E-state index contributed by atoms with van der Waals surface area (Å²) in [6.45, 7) is 0. The number of hydrogen-bond acceptors (Lipinski definition) is 3. The fraction of sp³-hybridized carbons (Fsp3) is 0.182. The van der Waals surface area contributed by atoms with E-state index in [1.165, 1.54) is 13.2 Å². The first kappa shape index (κ1) is 16.9. The number of hydrogen-bond donors (Lipinski definition) is 1. The molecule has 0 fully saturated rings. The number of halogens is 1. The molecule has 0 aliphatic heterocycles. The number of aliphatic hydroxyl groups is 1. The Balaban J connectivity index is 1.87. The fourth-order valence-corrected chi connectivity index (χ4v) is 4.59. The zero-order chi connectivity index (χ0) is 18.1. The van der Waals surface area contributed by atoms with E-state index >= 15 is 0 Å². The molecule has 1 aliphatic rings. The van der Waals surface area contributed by atoms with Crippen LogP contribution in [-0.2, 0) is 11.8 Å². The van der Waals surface area contributed by atoms with E-state index in [9.17, 15) is 9.50 Å². The van der Waals surface area contributed by atoms with Crippen LogP contribution in [0, 0.1) is 5.82 Å². The number of rotatable bonds is 4. The van der Waals surface area contributed by atoms with Crippen LogP contribution >= 0.6 is 11.3 Å². The van der Waals surface area contributed by atoms with Crippen molar-refractivity contribution in [2.75, 3.05) is 7.11 Å². The first-order valence-corrected chi connectivity index (χ1v) is 9.36. The molecule has 0 radical (unpaired) electrons. The average Bonchev–Trinajstić information content (AvgIpc) is 3.19. The molecule has 1 N–H and O–H groups in total. The number of thiophene rings is 1. The number of methoxy groups -OCH3 is 1. The predicted octanol–water partition coefficient (Wildman–Crippen LogP) is 3.93. The molecule has 0 bridgehead atoms. The van der Waals surface area contributed by atoms with Gasteiger partial charge in [-0.05, 0) is 34.7 Å². The van der Waals surface area contributed by atoms with Crippen LogP contribution in [0.4, 0.5) is 4.39 Å². The van der Waals surface area contributed by atoms with Crippen molar-refractivity contribution < 1.29 is 14.2 Å². The molecule has 2 nitrogen and oxygen atoms in total. The van der Waals surface area contributed by atoms with Gasteiger partial charge >= 0.3 is 0 Å². The molecule has 1 atom stereocenters. The number of fused-ring (bicyclic) bond motifs is 1. The maximum Gasteiger partial charge on any atom is 0.130 e. The summed E-state index contributed by atoms with van der Waals surface area (Å²) in [7, 11) is 1.53. The molecule has 3 aromatic rings. The maximum absolute atomic E-state index is 14.6. The van der Waals surface area contributed by atoms with E-state index in [4.69, 9.17) is 4.74 Å². The van der Waals surface area contributed by atoms with Gasteiger partial charge in [0.1, 0.15) is 17.3 Å². The van der Waals surface area contributed by atoms with E-state index in [1.54, 1.807) is 23.5 Å². The Labute approximate surface area is 155 Å². The second-order valence-electron chi connectivity index (χ2n) is 6.62. The summed E-state index contributed by atoms with van der Waals surface area (Å²) in [6.07, 6.45) is 3.11. The van der Waals surface area contributed by atoms with Crippen LogP contribution in [0.5, 0.6) is 5.75 Å². The lowest BCUT2D eigenvalue weighted by molar-refractivity contribution is 0.408. The largest absolute Gasteiger partial charge is 0.512 e. The number of benzene rings is 2. The SMILES string of the molecule is COc1ccc(CC2(c3cccs3)C=c3ccccc3=C(O)C2)c(F)c1. The lowest BCUT2D eigenvalue weighted by Crippen LogP contribution is -2.40. The first-order valence-electron chi connectivity index (χ1n) is 8.48. The van der Waals surface area contributed by atoms with Gasteiger partial charge in [0.05, 0.1) is 7.11 Å². The normalized spacial score (nSPS) is 18.9. The molecule has 1 unspecified atom stereocenters. The molecule has 1 aliphatic carbocycles. The van der Waals surface area contributed by atoms with Crippen LogP contribution in [0.2, 0.25) is 0 Å². The first-order chi connectivity index (χ1) is 12.6. The Kier molecular flexibility index (Phi) is 4.29. The molecule has 1 heterocycles. The quantitative estimate of drug-likeness (QED) is 0.758. The van der Waals surface area contributed by atoms with Crippen LogP contribution in [-0.4, -0.2) is 12.2 Å². The Morgan fingerprint density at radius 3 is 2.73 bits per heavy atom. The van der Waals surface area contributed by atoms with Crippen molar-refractivity contribution in [1.29, 1.82) is 0 Å². The van der Waals surface area contributed by atoms with Crippen LogP contribution in [0.15, 0.2) is 60.0 Å². The van der Waals surface area contributed by atoms with E-state index in [2.05, 4.69) is 12.1 Å². The van der Waals surface area contributed by atoms with Crippen molar-refractivity contribution in [2.24, 2.45) is 0 Å². The third kappa shape index (κ3) is 2.90. The highest BCUT2D eigenvalue weighted by atomic mass is 32.1. The number of aliphatic hydroxyl groups excluding tert-OH is 1. The standard InChI is InChI=1S/C22H19FO2S/c1-25-17-9-8-16(19(23)11-17)13-22(21-7-4-10-26-21)12-15-5-2-3-6-18(15)20(24)14-22/h2-12,24H,13-14H2,1H3. The molecule has 0 spiro atoms. The van der Waals surface area contributed by atoms with E-state index in [1.807, 2.05) is 35.7 Å². The molecule has 4 rings (SSSR count). The van der Waals surface area contributed by atoms with Gasteiger partial charge in [0.25, 0.3) is 0 Å². The minimum atomic E-state index is -0.470. The Bertz CT molecular complexity index is 1060. The van der Waals surface area contributed by atoms with Crippen LogP contribution in [0.3, 0.4) is 0 Å². The van der Waals surface area contributed by atoms with Crippen molar-refractivity contribution in [3.63, 3.8) is 0 Å². The predicted molar refractivity (Wildman–Crippen MR) is 103 cm³/mol. The highest BCUT2D eigenvalue weighted by molar-refractivity contribution is 7.10. The third-order valence-corrected chi connectivity index (χ3v) is 6.05. The minimum absolute atomic E-state index is 0.285. The zero-order valence-electron chi connectivity index (χ0n) is 14.4. The van der Waals surface area contributed by atoms with Crippen molar-refractivity contribution in [3.05, 3.63) is 86.7 Å². The van der Waals surface area contributed by atoms with E-state index in [-0.39, 0.29) is 5.82 Å². The Hall–Kier alpha value is -2.59. The van der Waals surface area contributed by atoms with E-state index < -0.39 is 5.41 Å². The van der Waals surface area contributed by atoms with Gasteiger partial charge in [-0.15, -0.1) is 11.3 Å². The van der Waals surface area contributed by atoms with Gasteiger partial charge in [-0.1, -0.05) is 42.5 Å². The minimum Gasteiger partial charge on any atom is -0.512 e. The maximum atomic E-state index is 14.6. The van der Waals surface area contributed by atoms with Gasteiger partial charge in [0.2, 0.25) is 0 Å². The van der Waals surface area contributed by atoms with Gasteiger partial charge in [0.15, 0.2) is 0 Å². The van der Waals surface area contributed by atoms with Crippen LogP contribution < -0.4 is 15.2 Å². The molecule has 0 amide bonds. The van der Waals surface area contributed by atoms with Crippen LogP contribution in [0.1, 0.15) is 16.9 Å². The molecule has 132 valence electrons. The van der Waals surface area contributed by atoms with Gasteiger partial charge in [0, 0.05) is 28.0 Å². The topological polar surface area (TPSA) is 29.5 Å². The van der Waals surface area contributed by atoms with Gasteiger partial charge in [-0.25, -0.2) is 4.39 Å². The second-order valence-corrected chi connectivity index (χ2v) is 7.57. The summed E-state index contributed by atoms with van der Waals surface area (Å²) in [5.74, 6) is 0.571. The molecule has 1 aromatic heterocycles. The van der Waals surface area contributed by atoms with Gasteiger partial charge < -0.3 is 9.84 Å². The monoisotopic (exact) mass is 366 g/mol. The highest BCUT2D eigenvalue weighted by Gasteiger charge is 2.35. The smallest absolute Gasteiger partial charge is 0.130 e. The Morgan fingerprint density at radius 1 is 1.15 bits per heavy atom. The molecule has 0 saturated carbocycles. The summed E-state index contributed by atoms with van der Waals surface area (Å²) in [5.41, 5.74) is 0.143. The van der Waals surface area contributed by atoms with Crippen molar-refractivity contribution in [1.82, 2.24) is 0 Å². The van der Waals surface area contributed by atoms with Crippen molar-refractivity contribution in [3.8, 4) is 5.75 Å². The second kappa shape index (κ2) is 6.61. The van der Waals surface area contributed by atoms with Crippen LogP contribution in [0.25, 0.3) is 11.8 Å². The average molecular weight is 366 g/mol. The molecular weight excluding hydrogens is 347 g/mol. The van der Waals surface area contributed by atoms with Crippen molar-refractivity contribution in [2.45, 2.75) is 18.3 Å². The highest BCUT2D eigenvalue weighted by Crippen LogP contribution is 2.40. The summed E-state index contributed by atoms with van der Waals surface area (Å²) in [4.78, 5) is 1.12. The molecule has 0 saturated heterocycles. The third-order valence-electron chi connectivity index (χ3n) is 4.96. The van der Waals surface area contributed by atoms with Crippen molar-refractivity contribution >= 4 is 23.2 Å². The summed E-state index contributed by atoms with van der Waals surface area (Å²) in [5, 5.41) is 14.6. The summed E-state index contributed by atoms with van der Waals surface area (Å²) < 4.78 is 19.7. The van der Waals surface area contributed by atoms with E-state index in [0.29, 0.717) is 29.9 Å². The molecular formula is C22H19FO2S. The summed E-state index contributed by atoms with van der Waals surface area (Å²) in [6, 6.07) is 16.8.